The molecular weight excluding hydrogens is 559 g/mol. The summed E-state index contributed by atoms with van der Waals surface area (Å²) in [5.41, 5.74) is 1.89. The molecule has 0 saturated carbocycles. The molecule has 6 rings (SSSR count). The van der Waals surface area contributed by atoms with E-state index in [2.05, 4.69) is 37.4 Å². The molecule has 1 aromatic carbocycles. The lowest BCUT2D eigenvalue weighted by atomic mass is 9.96. The van der Waals surface area contributed by atoms with Crippen molar-refractivity contribution in [1.29, 1.82) is 0 Å². The van der Waals surface area contributed by atoms with E-state index in [4.69, 9.17) is 0 Å². The largest absolute Gasteiger partial charge is 0.416 e. The topological polar surface area (TPSA) is 97.0 Å². The molecule has 0 aliphatic carbocycles. The van der Waals surface area contributed by atoms with Gasteiger partial charge in [0.1, 0.15) is 18.0 Å². The molecule has 1 fully saturated rings. The number of benzene rings is 1. The third-order valence-electron chi connectivity index (χ3n) is 8.16. The van der Waals surface area contributed by atoms with Crippen molar-refractivity contribution in [2.24, 2.45) is 20.0 Å². The molecular formula is C30H34F3N9O. The number of amides is 1. The van der Waals surface area contributed by atoms with Gasteiger partial charge in [0.25, 0.3) is 5.91 Å². The van der Waals surface area contributed by atoms with Gasteiger partial charge in [0.15, 0.2) is 5.82 Å². The standard InChI is InChI=1S/C30H34F3N9O/c1-5-34-25-11-20(27-22(13-36-40(27)4)28-38-35-17-39(28)3)12-26(37-25)42-16-23-21(29(42)43)9-19(10-24(23)30(31,32)33)15-41-8-6-7-18(2)14-41/h9-13,17-18H,5-8,14-16H2,1-4H3,(H,34,37). The van der Waals surface area contributed by atoms with Crippen molar-refractivity contribution in [3.05, 3.63) is 59.0 Å². The number of rotatable bonds is 7. The predicted molar refractivity (Wildman–Crippen MR) is 156 cm³/mol. The van der Waals surface area contributed by atoms with Gasteiger partial charge in [-0.25, -0.2) is 4.98 Å². The van der Waals surface area contributed by atoms with Crippen LogP contribution in [0, 0.1) is 5.92 Å². The normalized spacial score (nSPS) is 17.5. The minimum atomic E-state index is -4.60. The van der Waals surface area contributed by atoms with Gasteiger partial charge < -0.3 is 9.88 Å². The Morgan fingerprint density at radius 2 is 1.93 bits per heavy atom. The van der Waals surface area contributed by atoms with E-state index in [0.717, 1.165) is 25.9 Å². The van der Waals surface area contributed by atoms with Crippen LogP contribution in [-0.2, 0) is 33.4 Å². The molecule has 5 heterocycles. The van der Waals surface area contributed by atoms with Gasteiger partial charge in [0.2, 0.25) is 0 Å². The molecule has 3 aromatic heterocycles. The highest BCUT2D eigenvalue weighted by molar-refractivity contribution is 6.10. The Kier molecular flexibility index (Phi) is 7.45. The number of fused-ring (bicyclic) bond motifs is 1. The maximum absolute atomic E-state index is 14.4. The van der Waals surface area contributed by atoms with E-state index in [9.17, 15) is 18.0 Å². The van der Waals surface area contributed by atoms with Crippen LogP contribution in [0.3, 0.4) is 0 Å². The number of alkyl halides is 3. The van der Waals surface area contributed by atoms with Crippen molar-refractivity contribution >= 4 is 17.5 Å². The van der Waals surface area contributed by atoms with Crippen LogP contribution in [0.15, 0.2) is 36.8 Å². The fourth-order valence-electron chi connectivity index (χ4n) is 6.22. The summed E-state index contributed by atoms with van der Waals surface area (Å²) in [6, 6.07) is 6.39. The maximum atomic E-state index is 14.4. The van der Waals surface area contributed by atoms with Crippen LogP contribution in [0.2, 0.25) is 0 Å². The SMILES string of the molecule is CCNc1cc(-c2c(-c3nncn3C)cnn2C)cc(N2Cc3c(cc(CN4CCCC(C)C4)cc3C(F)(F)F)C2=O)n1. The van der Waals surface area contributed by atoms with Crippen molar-refractivity contribution in [3.8, 4) is 22.6 Å². The zero-order chi connectivity index (χ0) is 30.5. The lowest BCUT2D eigenvalue weighted by Crippen LogP contribution is -2.33. The lowest BCUT2D eigenvalue weighted by molar-refractivity contribution is -0.138. The van der Waals surface area contributed by atoms with Gasteiger partial charge in [0, 0.05) is 44.9 Å². The molecule has 1 atom stereocenters. The van der Waals surface area contributed by atoms with E-state index in [1.165, 1.54) is 11.0 Å². The summed E-state index contributed by atoms with van der Waals surface area (Å²) in [6.07, 6.45) is 0.795. The van der Waals surface area contributed by atoms with Gasteiger partial charge in [-0.15, -0.1) is 10.2 Å². The third-order valence-corrected chi connectivity index (χ3v) is 8.16. The number of nitrogens with one attached hydrogen (secondary N) is 1. The molecule has 1 unspecified atom stereocenters. The monoisotopic (exact) mass is 593 g/mol. The molecule has 2 aliphatic heterocycles. The zero-order valence-corrected chi connectivity index (χ0v) is 24.6. The number of anilines is 2. The first-order valence-electron chi connectivity index (χ1n) is 14.4. The third kappa shape index (κ3) is 5.49. The molecule has 0 bridgehead atoms. The molecule has 10 nitrogen and oxygen atoms in total. The zero-order valence-electron chi connectivity index (χ0n) is 24.6. The van der Waals surface area contributed by atoms with Crippen molar-refractivity contribution < 1.29 is 18.0 Å². The number of carbonyl (C=O) groups excluding carboxylic acids is 1. The highest BCUT2D eigenvalue weighted by Crippen LogP contribution is 2.41. The summed E-state index contributed by atoms with van der Waals surface area (Å²) >= 11 is 0. The van der Waals surface area contributed by atoms with Gasteiger partial charge in [-0.1, -0.05) is 6.92 Å². The van der Waals surface area contributed by atoms with Crippen molar-refractivity contribution in [2.75, 3.05) is 29.9 Å². The first kappa shape index (κ1) is 28.8. The van der Waals surface area contributed by atoms with Crippen molar-refractivity contribution in [1.82, 2.24) is 34.4 Å². The highest BCUT2D eigenvalue weighted by atomic mass is 19.4. The van der Waals surface area contributed by atoms with E-state index >= 15 is 0 Å². The molecule has 13 heteroatoms. The van der Waals surface area contributed by atoms with Gasteiger partial charge in [-0.05, 0) is 67.6 Å². The summed E-state index contributed by atoms with van der Waals surface area (Å²) < 4.78 is 46.7. The number of hydrogen-bond donors (Lipinski definition) is 1. The van der Waals surface area contributed by atoms with Crippen LogP contribution in [0.5, 0.6) is 0 Å². The number of pyridine rings is 1. The number of aromatic nitrogens is 6. The number of hydrogen-bond acceptors (Lipinski definition) is 7. The van der Waals surface area contributed by atoms with Crippen molar-refractivity contribution in [2.45, 2.75) is 46.0 Å². The van der Waals surface area contributed by atoms with E-state index < -0.39 is 17.6 Å². The van der Waals surface area contributed by atoms with Gasteiger partial charge in [-0.3, -0.25) is 19.3 Å². The highest BCUT2D eigenvalue weighted by Gasteiger charge is 2.41. The second kappa shape index (κ2) is 11.1. The lowest BCUT2D eigenvalue weighted by Gasteiger charge is -2.31. The van der Waals surface area contributed by atoms with E-state index in [-0.39, 0.29) is 23.5 Å². The van der Waals surface area contributed by atoms with Crippen LogP contribution in [-0.4, -0.2) is 60.0 Å². The minimum absolute atomic E-state index is 0.0224. The average Bonchev–Trinajstić information content (AvgIpc) is 3.64. The Morgan fingerprint density at radius 3 is 2.63 bits per heavy atom. The smallest absolute Gasteiger partial charge is 0.370 e. The quantitative estimate of drug-likeness (QED) is 0.318. The number of nitrogens with zero attached hydrogens (tertiary/aromatic N) is 8. The molecule has 1 amide bonds. The summed E-state index contributed by atoms with van der Waals surface area (Å²) in [5, 5.41) is 15.8. The molecule has 4 aromatic rings. The van der Waals surface area contributed by atoms with Gasteiger partial charge in [0.05, 0.1) is 29.6 Å². The van der Waals surface area contributed by atoms with Crippen LogP contribution < -0.4 is 10.2 Å². The van der Waals surface area contributed by atoms with E-state index in [1.807, 2.05) is 20.0 Å². The Bertz CT molecular complexity index is 1680. The predicted octanol–water partition coefficient (Wildman–Crippen LogP) is 5.12. The van der Waals surface area contributed by atoms with Gasteiger partial charge >= 0.3 is 6.18 Å². The molecule has 43 heavy (non-hydrogen) atoms. The second-order valence-electron chi connectivity index (χ2n) is 11.5. The number of halogens is 3. The number of aryl methyl sites for hydroxylation is 2. The molecule has 0 radical (unpaired) electrons. The van der Waals surface area contributed by atoms with Gasteiger partial charge in [-0.2, -0.15) is 18.3 Å². The molecule has 1 N–H and O–H groups in total. The molecule has 1 saturated heterocycles. The molecule has 2 aliphatic rings. The van der Waals surface area contributed by atoms with E-state index in [1.54, 1.807) is 41.0 Å². The van der Waals surface area contributed by atoms with Crippen LogP contribution in [0.25, 0.3) is 22.6 Å². The molecule has 0 spiro atoms. The minimum Gasteiger partial charge on any atom is -0.370 e. The number of likely N-dealkylation sites (tertiary alicyclic amines) is 1. The summed E-state index contributed by atoms with van der Waals surface area (Å²) in [7, 11) is 3.62. The van der Waals surface area contributed by atoms with Crippen LogP contribution in [0.1, 0.15) is 53.7 Å². The summed E-state index contributed by atoms with van der Waals surface area (Å²) in [5.74, 6) is 1.32. The summed E-state index contributed by atoms with van der Waals surface area (Å²) in [6.45, 7) is 6.43. The fraction of sp³-hybridized carbons (Fsp3) is 0.433. The van der Waals surface area contributed by atoms with Crippen LogP contribution >= 0.6 is 0 Å². The summed E-state index contributed by atoms with van der Waals surface area (Å²) in [4.78, 5) is 22.0. The Hall–Kier alpha value is -4.26. The fourth-order valence-corrected chi connectivity index (χ4v) is 6.22. The van der Waals surface area contributed by atoms with E-state index in [0.29, 0.717) is 53.0 Å². The second-order valence-corrected chi connectivity index (χ2v) is 11.5. The maximum Gasteiger partial charge on any atom is 0.416 e. The average molecular weight is 594 g/mol. The van der Waals surface area contributed by atoms with Crippen molar-refractivity contribution in [3.63, 3.8) is 0 Å². The van der Waals surface area contributed by atoms with Crippen LogP contribution in [0.4, 0.5) is 24.8 Å². The Balaban J connectivity index is 1.41. The first-order chi connectivity index (χ1) is 20.5. The number of piperidine rings is 1. The molecule has 226 valence electrons. The Morgan fingerprint density at radius 1 is 1.12 bits per heavy atom. The number of carbonyl (C=O) groups is 1. The Labute approximate surface area is 247 Å². The first-order valence-corrected chi connectivity index (χ1v) is 14.4.